The topological polar surface area (TPSA) is 74.1 Å². The van der Waals surface area contributed by atoms with Gasteiger partial charge in [0, 0.05) is 43.5 Å². The van der Waals surface area contributed by atoms with Crippen molar-refractivity contribution in [2.45, 2.75) is 42.5 Å². The van der Waals surface area contributed by atoms with Gasteiger partial charge in [0.25, 0.3) is 0 Å². The van der Waals surface area contributed by atoms with E-state index in [9.17, 15) is 4.39 Å². The van der Waals surface area contributed by atoms with Gasteiger partial charge in [-0.25, -0.2) is 18.7 Å². The van der Waals surface area contributed by atoms with Crippen LogP contribution in [0.2, 0.25) is 0 Å². The quantitative estimate of drug-likeness (QED) is 0.298. The predicted octanol–water partition coefficient (Wildman–Crippen LogP) is 5.52. The lowest BCUT2D eigenvalue weighted by Crippen LogP contribution is -2.22. The lowest BCUT2D eigenvalue weighted by molar-refractivity contribution is 0.0375. The zero-order valence-electron chi connectivity index (χ0n) is 19.6. The Kier molecular flexibility index (Phi) is 7.43. The Labute approximate surface area is 212 Å². The average molecular weight is 510 g/mol. The Hall–Kier alpha value is -3.50. The number of nitrogens with zero attached hydrogens (tertiary/aromatic N) is 4. The molecule has 36 heavy (non-hydrogen) atoms. The minimum atomic E-state index is -0.638. The van der Waals surface area contributed by atoms with Crippen molar-refractivity contribution < 1.29 is 18.3 Å². The van der Waals surface area contributed by atoms with Crippen molar-refractivity contribution in [3.05, 3.63) is 96.2 Å². The minimum Gasteiger partial charge on any atom is -0.486 e. The number of benzene rings is 2. The number of anilines is 1. The molecule has 1 N–H and O–H groups in total. The van der Waals surface area contributed by atoms with Crippen molar-refractivity contribution >= 4 is 17.8 Å². The molecule has 0 radical (unpaired) electrons. The first kappa shape index (κ1) is 24.2. The first-order chi connectivity index (χ1) is 17.6. The molecule has 2 aromatic carbocycles. The molecule has 3 atom stereocenters. The number of rotatable bonds is 9. The SMILES string of the molecule is Cn1nccc1C1CC(OCc2ccccc2)C[C@@H]1Oc1cc(F)c(SNc2ccncn2)cc1F. The summed E-state index contributed by atoms with van der Waals surface area (Å²) in [7, 11) is 1.86. The molecule has 0 bridgehead atoms. The molecule has 7 nitrogen and oxygen atoms in total. The number of aromatic nitrogens is 4. The van der Waals surface area contributed by atoms with Gasteiger partial charge in [-0.2, -0.15) is 5.10 Å². The maximum Gasteiger partial charge on any atom is 0.166 e. The molecule has 0 saturated heterocycles. The van der Waals surface area contributed by atoms with Crippen molar-refractivity contribution in [1.29, 1.82) is 0 Å². The van der Waals surface area contributed by atoms with Crippen LogP contribution in [0.5, 0.6) is 5.75 Å². The molecule has 2 aromatic heterocycles. The Balaban J connectivity index is 1.30. The summed E-state index contributed by atoms with van der Waals surface area (Å²) < 4.78 is 46.8. The van der Waals surface area contributed by atoms with Gasteiger partial charge in [-0.1, -0.05) is 30.3 Å². The molecule has 186 valence electrons. The van der Waals surface area contributed by atoms with Crippen molar-refractivity contribution in [1.82, 2.24) is 19.7 Å². The number of aryl methyl sites for hydroxylation is 1. The van der Waals surface area contributed by atoms with Crippen LogP contribution in [0.3, 0.4) is 0 Å². The first-order valence-electron chi connectivity index (χ1n) is 11.5. The molecule has 2 unspecified atom stereocenters. The van der Waals surface area contributed by atoms with Gasteiger partial charge < -0.3 is 14.2 Å². The average Bonchev–Trinajstić information content (AvgIpc) is 3.50. The fourth-order valence-electron chi connectivity index (χ4n) is 4.37. The summed E-state index contributed by atoms with van der Waals surface area (Å²) in [6.45, 7) is 0.477. The van der Waals surface area contributed by atoms with Crippen LogP contribution >= 0.6 is 11.9 Å². The monoisotopic (exact) mass is 509 g/mol. The molecule has 1 aliphatic carbocycles. The number of halogens is 2. The van der Waals surface area contributed by atoms with E-state index < -0.39 is 17.7 Å². The molecular weight excluding hydrogens is 484 g/mol. The second-order valence-electron chi connectivity index (χ2n) is 8.54. The van der Waals surface area contributed by atoms with Crippen molar-refractivity contribution in [2.24, 2.45) is 7.05 Å². The van der Waals surface area contributed by atoms with Crippen molar-refractivity contribution in [3.8, 4) is 5.75 Å². The van der Waals surface area contributed by atoms with Crippen LogP contribution in [-0.2, 0) is 18.4 Å². The van der Waals surface area contributed by atoms with E-state index in [-0.39, 0.29) is 22.7 Å². The Morgan fingerprint density at radius 3 is 2.67 bits per heavy atom. The van der Waals surface area contributed by atoms with Gasteiger partial charge in [0.2, 0.25) is 0 Å². The molecular formula is C26H25F2N5O2S. The Morgan fingerprint density at radius 1 is 1.06 bits per heavy atom. The lowest BCUT2D eigenvalue weighted by atomic mass is 10.0. The molecule has 0 amide bonds. The molecule has 0 aliphatic heterocycles. The lowest BCUT2D eigenvalue weighted by Gasteiger charge is -2.22. The highest BCUT2D eigenvalue weighted by Crippen LogP contribution is 2.40. The highest BCUT2D eigenvalue weighted by atomic mass is 32.2. The fraction of sp³-hybridized carbons (Fsp3) is 0.269. The van der Waals surface area contributed by atoms with Crippen LogP contribution < -0.4 is 9.46 Å². The van der Waals surface area contributed by atoms with Gasteiger partial charge in [-0.05, 0) is 42.1 Å². The predicted molar refractivity (Wildman–Crippen MR) is 132 cm³/mol. The molecule has 10 heteroatoms. The van der Waals surface area contributed by atoms with Crippen LogP contribution in [0, 0.1) is 11.6 Å². The highest BCUT2D eigenvalue weighted by molar-refractivity contribution is 8.00. The second-order valence-corrected chi connectivity index (χ2v) is 9.39. The van der Waals surface area contributed by atoms with E-state index in [2.05, 4.69) is 19.8 Å². The Morgan fingerprint density at radius 2 is 1.92 bits per heavy atom. The molecule has 2 heterocycles. The Bertz CT molecular complexity index is 1290. The summed E-state index contributed by atoms with van der Waals surface area (Å²) >= 11 is 0.929. The van der Waals surface area contributed by atoms with E-state index in [1.165, 1.54) is 6.33 Å². The normalized spacial score (nSPS) is 19.4. The first-order valence-corrected chi connectivity index (χ1v) is 12.4. The van der Waals surface area contributed by atoms with Gasteiger partial charge in [0.1, 0.15) is 24.1 Å². The fourth-order valence-corrected chi connectivity index (χ4v) is 5.02. The van der Waals surface area contributed by atoms with Gasteiger partial charge in [-0.15, -0.1) is 0 Å². The van der Waals surface area contributed by atoms with E-state index in [0.29, 0.717) is 25.3 Å². The van der Waals surface area contributed by atoms with Gasteiger partial charge in [-0.3, -0.25) is 4.68 Å². The number of hydrogen-bond donors (Lipinski definition) is 1. The van der Waals surface area contributed by atoms with E-state index in [4.69, 9.17) is 9.47 Å². The molecule has 4 aromatic rings. The third-order valence-corrected chi connectivity index (χ3v) is 6.98. The molecule has 1 saturated carbocycles. The summed E-state index contributed by atoms with van der Waals surface area (Å²) in [5, 5.41) is 4.28. The third kappa shape index (κ3) is 5.66. The summed E-state index contributed by atoms with van der Waals surface area (Å²) in [6, 6.07) is 15.7. The van der Waals surface area contributed by atoms with Crippen LogP contribution in [0.25, 0.3) is 0 Å². The van der Waals surface area contributed by atoms with E-state index in [1.807, 2.05) is 43.4 Å². The number of ether oxygens (including phenoxy) is 2. The minimum absolute atomic E-state index is 0.0748. The van der Waals surface area contributed by atoms with E-state index >= 15 is 4.39 Å². The largest absolute Gasteiger partial charge is 0.486 e. The van der Waals surface area contributed by atoms with Crippen LogP contribution in [0.4, 0.5) is 14.6 Å². The summed E-state index contributed by atoms with van der Waals surface area (Å²) in [5.41, 5.74) is 2.05. The summed E-state index contributed by atoms with van der Waals surface area (Å²) in [4.78, 5) is 7.93. The third-order valence-electron chi connectivity index (χ3n) is 6.14. The summed E-state index contributed by atoms with van der Waals surface area (Å²) in [6.07, 6.45) is 5.41. The van der Waals surface area contributed by atoms with Gasteiger partial charge in [0.05, 0.1) is 17.6 Å². The van der Waals surface area contributed by atoms with E-state index in [1.54, 1.807) is 23.1 Å². The molecule has 5 rings (SSSR count). The smallest absolute Gasteiger partial charge is 0.166 e. The molecule has 1 aliphatic rings. The number of hydrogen-bond acceptors (Lipinski definition) is 7. The molecule has 1 fully saturated rings. The summed E-state index contributed by atoms with van der Waals surface area (Å²) in [5.74, 6) is -0.943. The van der Waals surface area contributed by atoms with Crippen LogP contribution in [0.1, 0.15) is 30.0 Å². The highest BCUT2D eigenvalue weighted by Gasteiger charge is 2.39. The van der Waals surface area contributed by atoms with E-state index in [0.717, 1.165) is 35.3 Å². The maximum atomic E-state index is 15.0. The van der Waals surface area contributed by atoms with Gasteiger partial charge >= 0.3 is 0 Å². The zero-order valence-corrected chi connectivity index (χ0v) is 20.4. The standard InChI is InChI=1S/C26H25F2N5O2S/c1-33-22(7-10-31-33)19-11-18(34-15-17-5-3-2-4-6-17)12-23(19)35-24-13-21(28)25(14-20(24)27)36-32-26-8-9-29-16-30-26/h2-10,13-14,16,18-19,23H,11-12,15H2,1H3,(H,29,30,32)/t18?,19?,23-/m0/s1. The van der Waals surface area contributed by atoms with Crippen molar-refractivity contribution in [3.63, 3.8) is 0 Å². The van der Waals surface area contributed by atoms with Gasteiger partial charge in [0.15, 0.2) is 11.6 Å². The van der Waals surface area contributed by atoms with Crippen molar-refractivity contribution in [2.75, 3.05) is 4.72 Å². The maximum absolute atomic E-state index is 15.0. The molecule has 0 spiro atoms. The second kappa shape index (κ2) is 11.0. The van der Waals surface area contributed by atoms with Crippen LogP contribution in [-0.4, -0.2) is 32.0 Å². The zero-order chi connectivity index (χ0) is 24.9. The van der Waals surface area contributed by atoms with Crippen LogP contribution in [0.15, 0.2) is 78.2 Å². The number of nitrogens with one attached hydrogen (secondary N) is 1.